The van der Waals surface area contributed by atoms with Gasteiger partial charge in [0.25, 0.3) is 0 Å². The minimum atomic E-state index is -0.930. The lowest BCUT2D eigenvalue weighted by Crippen LogP contribution is -2.28. The SMILES string of the molecule is CCC[C@@](C)(C#N)OC(C)=O. The predicted octanol–water partition coefficient (Wildman–Crippen LogP) is 1.63. The maximum Gasteiger partial charge on any atom is 0.304 e. The summed E-state index contributed by atoms with van der Waals surface area (Å²) >= 11 is 0. The van der Waals surface area contributed by atoms with Gasteiger partial charge in [0.1, 0.15) is 6.07 Å². The van der Waals surface area contributed by atoms with E-state index in [-0.39, 0.29) is 0 Å². The third kappa shape index (κ3) is 3.61. The van der Waals surface area contributed by atoms with Crippen molar-refractivity contribution in [2.45, 2.75) is 39.2 Å². The lowest BCUT2D eigenvalue weighted by atomic mass is 10.0. The van der Waals surface area contributed by atoms with E-state index in [1.165, 1.54) is 6.92 Å². The summed E-state index contributed by atoms with van der Waals surface area (Å²) in [6.45, 7) is 4.88. The van der Waals surface area contributed by atoms with Gasteiger partial charge in [0, 0.05) is 13.3 Å². The summed E-state index contributed by atoms with van der Waals surface area (Å²) in [5, 5.41) is 8.64. The second-order valence-corrected chi connectivity index (χ2v) is 2.69. The van der Waals surface area contributed by atoms with Crippen LogP contribution in [0.3, 0.4) is 0 Å². The molecule has 0 rings (SSSR count). The second-order valence-electron chi connectivity index (χ2n) is 2.69. The Morgan fingerprint density at radius 3 is 2.55 bits per heavy atom. The first-order chi connectivity index (χ1) is 5.04. The Hall–Kier alpha value is -1.04. The highest BCUT2D eigenvalue weighted by atomic mass is 16.6. The number of carbonyl (C=O) groups is 1. The largest absolute Gasteiger partial charge is 0.444 e. The Balaban J connectivity index is 4.13. The zero-order chi connectivity index (χ0) is 8.91. The second kappa shape index (κ2) is 3.97. The summed E-state index contributed by atoms with van der Waals surface area (Å²) in [7, 11) is 0. The molecule has 0 fully saturated rings. The van der Waals surface area contributed by atoms with Crippen molar-refractivity contribution in [2.75, 3.05) is 0 Å². The van der Waals surface area contributed by atoms with Crippen molar-refractivity contribution in [3.63, 3.8) is 0 Å². The normalized spacial score (nSPS) is 14.7. The Morgan fingerprint density at radius 1 is 1.73 bits per heavy atom. The van der Waals surface area contributed by atoms with Gasteiger partial charge in [-0.15, -0.1) is 0 Å². The monoisotopic (exact) mass is 155 g/mol. The van der Waals surface area contributed by atoms with E-state index < -0.39 is 11.6 Å². The van der Waals surface area contributed by atoms with Crippen LogP contribution in [0.2, 0.25) is 0 Å². The summed E-state index contributed by atoms with van der Waals surface area (Å²) in [6.07, 6.45) is 1.42. The fraction of sp³-hybridized carbons (Fsp3) is 0.750. The van der Waals surface area contributed by atoms with E-state index >= 15 is 0 Å². The highest BCUT2D eigenvalue weighted by Gasteiger charge is 2.25. The van der Waals surface area contributed by atoms with Gasteiger partial charge in [0.15, 0.2) is 5.60 Å². The molecule has 0 heterocycles. The van der Waals surface area contributed by atoms with Gasteiger partial charge in [-0.25, -0.2) is 0 Å². The van der Waals surface area contributed by atoms with Gasteiger partial charge in [0.2, 0.25) is 0 Å². The molecule has 0 N–H and O–H groups in total. The number of hydrogen-bond donors (Lipinski definition) is 0. The number of esters is 1. The molecule has 0 aliphatic rings. The van der Waals surface area contributed by atoms with Gasteiger partial charge in [-0.2, -0.15) is 5.26 Å². The third-order valence-electron chi connectivity index (χ3n) is 1.33. The molecular formula is C8H13NO2. The molecule has 62 valence electrons. The van der Waals surface area contributed by atoms with Crippen LogP contribution in [0.1, 0.15) is 33.6 Å². The average Bonchev–Trinajstić information content (AvgIpc) is 1.87. The quantitative estimate of drug-likeness (QED) is 0.582. The Bertz CT molecular complexity index is 183. The number of nitriles is 1. The van der Waals surface area contributed by atoms with Crippen molar-refractivity contribution in [1.82, 2.24) is 0 Å². The minimum absolute atomic E-state index is 0.400. The molecular weight excluding hydrogens is 142 g/mol. The molecule has 0 aromatic heterocycles. The minimum Gasteiger partial charge on any atom is -0.444 e. The van der Waals surface area contributed by atoms with Gasteiger partial charge in [-0.3, -0.25) is 4.79 Å². The van der Waals surface area contributed by atoms with Crippen molar-refractivity contribution in [3.8, 4) is 6.07 Å². The lowest BCUT2D eigenvalue weighted by molar-refractivity contribution is -0.150. The van der Waals surface area contributed by atoms with Crippen molar-refractivity contribution in [3.05, 3.63) is 0 Å². The predicted molar refractivity (Wildman–Crippen MR) is 40.7 cm³/mol. The summed E-state index contributed by atoms with van der Waals surface area (Å²) in [5.74, 6) is -0.400. The van der Waals surface area contributed by atoms with E-state index in [2.05, 4.69) is 0 Å². The highest BCUT2D eigenvalue weighted by Crippen LogP contribution is 2.16. The number of carbonyl (C=O) groups excluding carboxylic acids is 1. The molecule has 0 radical (unpaired) electrons. The van der Waals surface area contributed by atoms with Gasteiger partial charge < -0.3 is 4.74 Å². The van der Waals surface area contributed by atoms with Crippen LogP contribution in [0.4, 0.5) is 0 Å². The molecule has 0 aromatic rings. The zero-order valence-electron chi connectivity index (χ0n) is 7.18. The summed E-state index contributed by atoms with van der Waals surface area (Å²) in [6, 6.07) is 1.97. The number of nitrogens with zero attached hydrogens (tertiary/aromatic N) is 1. The molecule has 0 amide bonds. The number of ether oxygens (including phenoxy) is 1. The standard InChI is InChI=1S/C8H13NO2/c1-4-5-8(3,6-9)11-7(2)10/h4-5H2,1-3H3/t8-/m0/s1. The van der Waals surface area contributed by atoms with Crippen molar-refractivity contribution >= 4 is 5.97 Å². The van der Waals surface area contributed by atoms with Crippen molar-refractivity contribution in [1.29, 1.82) is 5.26 Å². The molecule has 3 heteroatoms. The van der Waals surface area contributed by atoms with Gasteiger partial charge in [-0.05, 0) is 6.92 Å². The molecule has 0 aromatic carbocycles. The third-order valence-corrected chi connectivity index (χ3v) is 1.33. The van der Waals surface area contributed by atoms with Crippen LogP contribution < -0.4 is 0 Å². The number of hydrogen-bond acceptors (Lipinski definition) is 3. The van der Waals surface area contributed by atoms with Crippen LogP contribution in [0.25, 0.3) is 0 Å². The first kappa shape index (κ1) is 9.96. The Kier molecular flexibility index (Phi) is 3.59. The smallest absolute Gasteiger partial charge is 0.304 e. The Labute approximate surface area is 67.0 Å². The molecule has 0 saturated heterocycles. The molecule has 0 bridgehead atoms. The summed E-state index contributed by atoms with van der Waals surface area (Å²) in [4.78, 5) is 10.5. The summed E-state index contributed by atoms with van der Waals surface area (Å²) < 4.78 is 4.83. The molecule has 0 unspecified atom stereocenters. The van der Waals surface area contributed by atoms with E-state index in [0.29, 0.717) is 6.42 Å². The van der Waals surface area contributed by atoms with Gasteiger partial charge in [-0.1, -0.05) is 13.3 Å². The Morgan fingerprint density at radius 2 is 2.27 bits per heavy atom. The van der Waals surface area contributed by atoms with Gasteiger partial charge >= 0.3 is 5.97 Å². The average molecular weight is 155 g/mol. The van der Waals surface area contributed by atoms with Crippen LogP contribution in [-0.2, 0) is 9.53 Å². The van der Waals surface area contributed by atoms with Crippen LogP contribution in [0, 0.1) is 11.3 Å². The van der Waals surface area contributed by atoms with E-state index in [9.17, 15) is 4.79 Å². The fourth-order valence-corrected chi connectivity index (χ4v) is 0.924. The summed E-state index contributed by atoms with van der Waals surface area (Å²) in [5.41, 5.74) is -0.930. The molecule has 0 aliphatic heterocycles. The first-order valence-electron chi connectivity index (χ1n) is 3.65. The first-order valence-corrected chi connectivity index (χ1v) is 3.65. The van der Waals surface area contributed by atoms with Crippen molar-refractivity contribution < 1.29 is 9.53 Å². The number of rotatable bonds is 3. The van der Waals surface area contributed by atoms with E-state index in [1.807, 2.05) is 13.0 Å². The van der Waals surface area contributed by atoms with E-state index in [1.54, 1.807) is 6.92 Å². The van der Waals surface area contributed by atoms with Crippen molar-refractivity contribution in [2.24, 2.45) is 0 Å². The molecule has 1 atom stereocenters. The maximum absolute atomic E-state index is 10.5. The van der Waals surface area contributed by atoms with E-state index in [0.717, 1.165) is 6.42 Å². The molecule has 11 heavy (non-hydrogen) atoms. The lowest BCUT2D eigenvalue weighted by Gasteiger charge is -2.19. The maximum atomic E-state index is 10.5. The van der Waals surface area contributed by atoms with E-state index in [4.69, 9.17) is 10.00 Å². The van der Waals surface area contributed by atoms with Crippen LogP contribution in [0.5, 0.6) is 0 Å². The van der Waals surface area contributed by atoms with Crippen LogP contribution in [-0.4, -0.2) is 11.6 Å². The molecule has 0 saturated carbocycles. The van der Waals surface area contributed by atoms with Crippen LogP contribution in [0.15, 0.2) is 0 Å². The topological polar surface area (TPSA) is 50.1 Å². The molecule has 0 spiro atoms. The fourth-order valence-electron chi connectivity index (χ4n) is 0.924. The highest BCUT2D eigenvalue weighted by molar-refractivity contribution is 5.66. The van der Waals surface area contributed by atoms with Gasteiger partial charge in [0.05, 0.1) is 0 Å². The molecule has 3 nitrogen and oxygen atoms in total. The molecule has 0 aliphatic carbocycles. The van der Waals surface area contributed by atoms with Crippen LogP contribution >= 0.6 is 0 Å². The zero-order valence-corrected chi connectivity index (χ0v) is 7.18.